The van der Waals surface area contributed by atoms with Gasteiger partial charge in [0.15, 0.2) is 0 Å². The van der Waals surface area contributed by atoms with E-state index in [9.17, 15) is 0 Å². The Hall–Kier alpha value is -1.13. The van der Waals surface area contributed by atoms with E-state index in [-0.39, 0.29) is 11.6 Å². The van der Waals surface area contributed by atoms with Crippen LogP contribution in [0.4, 0.5) is 0 Å². The summed E-state index contributed by atoms with van der Waals surface area (Å²) in [4.78, 5) is 6.40. The first kappa shape index (κ1) is 13.9. The van der Waals surface area contributed by atoms with Gasteiger partial charge in [0.2, 0.25) is 0 Å². The van der Waals surface area contributed by atoms with Gasteiger partial charge in [-0.25, -0.2) is 0 Å². The number of ether oxygens (including phenoxy) is 1. The van der Waals surface area contributed by atoms with E-state index in [0.717, 1.165) is 11.4 Å². The van der Waals surface area contributed by atoms with Crippen LogP contribution >= 0.6 is 0 Å². The smallest absolute Gasteiger partial charge is 0.137 e. The van der Waals surface area contributed by atoms with Crippen molar-refractivity contribution in [2.24, 2.45) is 5.73 Å². The minimum atomic E-state index is -0.0396. The van der Waals surface area contributed by atoms with Crippen LogP contribution in [-0.4, -0.2) is 36.1 Å². The molecule has 0 spiro atoms. The molecular weight excluding hydrogens is 214 g/mol. The predicted molar refractivity (Wildman–Crippen MR) is 70.1 cm³/mol. The van der Waals surface area contributed by atoms with E-state index in [1.54, 1.807) is 6.20 Å². The molecule has 0 aliphatic carbocycles. The average Bonchev–Trinajstić information content (AvgIpc) is 2.27. The molecule has 17 heavy (non-hydrogen) atoms. The summed E-state index contributed by atoms with van der Waals surface area (Å²) in [7, 11) is 4.08. The number of hydrogen-bond donors (Lipinski definition) is 1. The fourth-order valence-corrected chi connectivity index (χ4v) is 1.14. The first-order chi connectivity index (χ1) is 7.83. The lowest BCUT2D eigenvalue weighted by Gasteiger charge is -2.32. The van der Waals surface area contributed by atoms with E-state index < -0.39 is 0 Å². The zero-order chi connectivity index (χ0) is 13.1. The van der Waals surface area contributed by atoms with Gasteiger partial charge >= 0.3 is 0 Å². The summed E-state index contributed by atoms with van der Waals surface area (Å²) in [6.07, 6.45) is 1.73. The second-order valence-corrected chi connectivity index (χ2v) is 5.20. The summed E-state index contributed by atoms with van der Waals surface area (Å²) in [6, 6.07) is 3.78. The maximum atomic E-state index is 5.74. The van der Waals surface area contributed by atoms with Crippen molar-refractivity contribution in [3.8, 4) is 5.75 Å². The molecule has 0 saturated heterocycles. The molecular formula is C13H23N3O. The SMILES string of the molecule is CC(N)c1ccc(OCC(C)(C)N(C)C)cn1. The minimum absolute atomic E-state index is 0.000168. The molecule has 0 bridgehead atoms. The molecule has 0 aliphatic heterocycles. The highest BCUT2D eigenvalue weighted by Gasteiger charge is 2.21. The monoisotopic (exact) mass is 237 g/mol. The molecule has 2 N–H and O–H groups in total. The molecule has 0 fully saturated rings. The molecule has 1 heterocycles. The second-order valence-electron chi connectivity index (χ2n) is 5.20. The predicted octanol–water partition coefficient (Wildman–Crippen LogP) is 1.82. The lowest BCUT2D eigenvalue weighted by atomic mass is 10.1. The normalized spacial score (nSPS) is 13.8. The van der Waals surface area contributed by atoms with Gasteiger partial charge in [0.1, 0.15) is 12.4 Å². The Labute approximate surface area is 104 Å². The topological polar surface area (TPSA) is 51.4 Å². The molecule has 0 radical (unpaired) electrons. The van der Waals surface area contributed by atoms with Gasteiger partial charge in [-0.05, 0) is 47.0 Å². The first-order valence-electron chi connectivity index (χ1n) is 5.84. The van der Waals surface area contributed by atoms with Crippen LogP contribution in [0.15, 0.2) is 18.3 Å². The van der Waals surface area contributed by atoms with Gasteiger partial charge < -0.3 is 15.4 Å². The number of pyridine rings is 1. The Morgan fingerprint density at radius 3 is 2.47 bits per heavy atom. The average molecular weight is 237 g/mol. The van der Waals surface area contributed by atoms with Gasteiger partial charge in [-0.3, -0.25) is 4.98 Å². The largest absolute Gasteiger partial charge is 0.490 e. The van der Waals surface area contributed by atoms with E-state index in [1.807, 2.05) is 33.2 Å². The van der Waals surface area contributed by atoms with Crippen LogP contribution < -0.4 is 10.5 Å². The molecule has 4 heteroatoms. The van der Waals surface area contributed by atoms with Crippen molar-refractivity contribution in [2.75, 3.05) is 20.7 Å². The summed E-state index contributed by atoms with van der Waals surface area (Å²) < 4.78 is 5.72. The standard InChI is InChI=1S/C13H23N3O/c1-10(14)12-7-6-11(8-15-12)17-9-13(2,3)16(4)5/h6-8,10H,9,14H2,1-5H3. The van der Waals surface area contributed by atoms with Gasteiger partial charge in [-0.2, -0.15) is 0 Å². The highest BCUT2D eigenvalue weighted by molar-refractivity contribution is 5.21. The molecule has 0 aromatic carbocycles. The van der Waals surface area contributed by atoms with Crippen LogP contribution in [0.5, 0.6) is 5.75 Å². The van der Waals surface area contributed by atoms with Crippen LogP contribution in [0.25, 0.3) is 0 Å². The van der Waals surface area contributed by atoms with Gasteiger partial charge in [0.05, 0.1) is 11.9 Å². The van der Waals surface area contributed by atoms with Crippen molar-refractivity contribution < 1.29 is 4.74 Å². The van der Waals surface area contributed by atoms with Crippen molar-refractivity contribution in [3.63, 3.8) is 0 Å². The lowest BCUT2D eigenvalue weighted by molar-refractivity contribution is 0.114. The van der Waals surface area contributed by atoms with Crippen LogP contribution in [0.1, 0.15) is 32.5 Å². The van der Waals surface area contributed by atoms with E-state index in [1.165, 1.54) is 0 Å². The molecule has 1 unspecified atom stereocenters. The summed E-state index contributed by atoms with van der Waals surface area (Å²) in [5.41, 5.74) is 6.62. The fourth-order valence-electron chi connectivity index (χ4n) is 1.14. The van der Waals surface area contributed by atoms with Crippen LogP contribution in [-0.2, 0) is 0 Å². The van der Waals surface area contributed by atoms with Crippen LogP contribution in [0.2, 0.25) is 0 Å². The molecule has 0 aliphatic rings. The summed E-state index contributed by atoms with van der Waals surface area (Å²) in [5.74, 6) is 0.782. The Morgan fingerprint density at radius 2 is 2.06 bits per heavy atom. The van der Waals surface area contributed by atoms with E-state index >= 15 is 0 Å². The Morgan fingerprint density at radius 1 is 1.41 bits per heavy atom. The Kier molecular flexibility index (Phi) is 4.48. The second kappa shape index (κ2) is 5.47. The van der Waals surface area contributed by atoms with Crippen molar-refractivity contribution in [1.82, 2.24) is 9.88 Å². The molecule has 1 rings (SSSR count). The number of nitrogens with zero attached hydrogens (tertiary/aromatic N) is 2. The molecule has 0 amide bonds. The van der Waals surface area contributed by atoms with Crippen molar-refractivity contribution in [2.45, 2.75) is 32.4 Å². The van der Waals surface area contributed by atoms with E-state index in [4.69, 9.17) is 10.5 Å². The molecule has 96 valence electrons. The zero-order valence-corrected chi connectivity index (χ0v) is 11.4. The third-order valence-corrected chi connectivity index (χ3v) is 3.03. The third-order valence-electron chi connectivity index (χ3n) is 3.03. The number of aromatic nitrogens is 1. The molecule has 1 atom stereocenters. The maximum absolute atomic E-state index is 5.74. The first-order valence-corrected chi connectivity index (χ1v) is 5.84. The highest BCUT2D eigenvalue weighted by atomic mass is 16.5. The van der Waals surface area contributed by atoms with Crippen LogP contribution in [0, 0.1) is 0 Å². The highest BCUT2D eigenvalue weighted by Crippen LogP contribution is 2.16. The lowest BCUT2D eigenvalue weighted by Crippen LogP contribution is -2.43. The van der Waals surface area contributed by atoms with Crippen molar-refractivity contribution in [3.05, 3.63) is 24.0 Å². The number of nitrogens with two attached hydrogens (primary N) is 1. The van der Waals surface area contributed by atoms with Gasteiger partial charge in [-0.15, -0.1) is 0 Å². The van der Waals surface area contributed by atoms with Gasteiger partial charge in [-0.1, -0.05) is 0 Å². The van der Waals surface area contributed by atoms with Gasteiger partial charge in [0.25, 0.3) is 0 Å². The Balaban J connectivity index is 2.59. The number of rotatable bonds is 5. The van der Waals surface area contributed by atoms with Crippen molar-refractivity contribution in [1.29, 1.82) is 0 Å². The zero-order valence-electron chi connectivity index (χ0n) is 11.4. The Bertz CT molecular complexity index is 344. The maximum Gasteiger partial charge on any atom is 0.137 e. The van der Waals surface area contributed by atoms with Crippen LogP contribution in [0.3, 0.4) is 0 Å². The molecule has 1 aromatic heterocycles. The fraction of sp³-hybridized carbons (Fsp3) is 0.615. The van der Waals surface area contributed by atoms with Gasteiger partial charge in [0, 0.05) is 11.6 Å². The molecule has 0 saturated carbocycles. The molecule has 4 nitrogen and oxygen atoms in total. The quantitative estimate of drug-likeness (QED) is 0.848. The number of likely N-dealkylation sites (N-methyl/N-ethyl adjacent to an activating group) is 1. The number of hydrogen-bond acceptors (Lipinski definition) is 4. The van der Waals surface area contributed by atoms with Crippen molar-refractivity contribution >= 4 is 0 Å². The van der Waals surface area contributed by atoms with E-state index in [2.05, 4.69) is 23.7 Å². The minimum Gasteiger partial charge on any atom is -0.490 e. The third kappa shape index (κ3) is 3.98. The summed E-state index contributed by atoms with van der Waals surface area (Å²) >= 11 is 0. The molecule has 1 aromatic rings. The summed E-state index contributed by atoms with van der Waals surface area (Å²) in [5, 5.41) is 0. The summed E-state index contributed by atoms with van der Waals surface area (Å²) in [6.45, 7) is 6.81. The van der Waals surface area contributed by atoms with E-state index in [0.29, 0.717) is 6.61 Å².